The zero-order chi connectivity index (χ0) is 18.8. The third-order valence-electron chi connectivity index (χ3n) is 3.52. The van der Waals surface area contributed by atoms with Crippen molar-refractivity contribution in [3.8, 4) is 0 Å². The van der Waals surface area contributed by atoms with Gasteiger partial charge >= 0.3 is 5.97 Å². The first-order valence-electron chi connectivity index (χ1n) is 8.10. The Balaban J connectivity index is 2.35. The number of benzene rings is 1. The molecule has 3 N–H and O–H groups in total. The number of halogens is 2. The number of carbonyl (C=O) groups is 3. The fraction of sp³-hybridized carbons (Fsp3) is 0.471. The van der Waals surface area contributed by atoms with Crippen molar-refractivity contribution in [3.63, 3.8) is 0 Å². The zero-order valence-corrected chi connectivity index (χ0v) is 14.0. The van der Waals surface area contributed by atoms with Crippen molar-refractivity contribution < 1.29 is 28.3 Å². The minimum atomic E-state index is -1.08. The SMILES string of the molecule is CCCC[C@H](NC(=O)CCCNC(=O)c1ccc(F)cc1F)C(=O)O. The molecule has 25 heavy (non-hydrogen) atoms. The summed E-state index contributed by atoms with van der Waals surface area (Å²) in [5.41, 5.74) is -0.281. The van der Waals surface area contributed by atoms with Crippen molar-refractivity contribution in [2.45, 2.75) is 45.1 Å². The van der Waals surface area contributed by atoms with Crippen LogP contribution in [-0.4, -0.2) is 35.5 Å². The summed E-state index contributed by atoms with van der Waals surface area (Å²) in [6.45, 7) is 2.03. The van der Waals surface area contributed by atoms with Gasteiger partial charge in [0, 0.05) is 19.0 Å². The van der Waals surface area contributed by atoms with Gasteiger partial charge in [-0.1, -0.05) is 19.8 Å². The summed E-state index contributed by atoms with van der Waals surface area (Å²) in [5.74, 6) is -3.95. The summed E-state index contributed by atoms with van der Waals surface area (Å²) in [7, 11) is 0. The van der Waals surface area contributed by atoms with Gasteiger partial charge in [-0.3, -0.25) is 9.59 Å². The molecule has 1 aromatic carbocycles. The van der Waals surface area contributed by atoms with Crippen LogP contribution in [0.4, 0.5) is 8.78 Å². The van der Waals surface area contributed by atoms with Crippen LogP contribution < -0.4 is 10.6 Å². The number of unbranched alkanes of at least 4 members (excludes halogenated alkanes) is 1. The molecule has 0 saturated heterocycles. The number of amides is 2. The summed E-state index contributed by atoms with van der Waals surface area (Å²) < 4.78 is 26.2. The van der Waals surface area contributed by atoms with Gasteiger partial charge < -0.3 is 15.7 Å². The molecule has 0 aliphatic heterocycles. The lowest BCUT2D eigenvalue weighted by molar-refractivity contribution is -0.142. The molecule has 138 valence electrons. The molecule has 0 bridgehead atoms. The molecule has 0 spiro atoms. The largest absolute Gasteiger partial charge is 0.480 e. The fourth-order valence-corrected chi connectivity index (χ4v) is 2.15. The normalized spacial score (nSPS) is 11.6. The van der Waals surface area contributed by atoms with Gasteiger partial charge in [0.1, 0.15) is 17.7 Å². The molecule has 1 aromatic rings. The molecule has 1 atom stereocenters. The Kier molecular flexibility index (Phi) is 8.52. The molecule has 0 aliphatic rings. The maximum absolute atomic E-state index is 13.4. The number of hydrogen-bond acceptors (Lipinski definition) is 3. The minimum Gasteiger partial charge on any atom is -0.480 e. The molecule has 0 unspecified atom stereocenters. The third kappa shape index (κ3) is 7.28. The highest BCUT2D eigenvalue weighted by molar-refractivity contribution is 5.94. The molecule has 0 radical (unpaired) electrons. The van der Waals surface area contributed by atoms with Crippen molar-refractivity contribution >= 4 is 17.8 Å². The maximum Gasteiger partial charge on any atom is 0.326 e. The van der Waals surface area contributed by atoms with E-state index in [-0.39, 0.29) is 24.9 Å². The quantitative estimate of drug-likeness (QED) is 0.560. The standard InChI is InChI=1S/C17H22F2N2O4/c1-2-3-5-14(17(24)25)21-15(22)6-4-9-20-16(23)12-8-7-11(18)10-13(12)19/h7-8,10,14H,2-6,9H2,1H3,(H,20,23)(H,21,22)(H,24,25)/t14-/m0/s1. The number of nitrogens with one attached hydrogen (secondary N) is 2. The lowest BCUT2D eigenvalue weighted by atomic mass is 10.1. The Labute approximate surface area is 144 Å². The molecule has 6 nitrogen and oxygen atoms in total. The number of rotatable bonds is 10. The highest BCUT2D eigenvalue weighted by Crippen LogP contribution is 2.09. The average Bonchev–Trinajstić information content (AvgIpc) is 2.55. The summed E-state index contributed by atoms with van der Waals surface area (Å²) in [5, 5.41) is 13.9. The van der Waals surface area contributed by atoms with Crippen LogP contribution in [0, 0.1) is 11.6 Å². The van der Waals surface area contributed by atoms with E-state index < -0.39 is 35.5 Å². The first-order valence-corrected chi connectivity index (χ1v) is 8.10. The van der Waals surface area contributed by atoms with Gasteiger partial charge in [-0.25, -0.2) is 13.6 Å². The fourth-order valence-electron chi connectivity index (χ4n) is 2.15. The number of carboxylic acids is 1. The van der Waals surface area contributed by atoms with Crippen molar-refractivity contribution in [2.75, 3.05) is 6.54 Å². The van der Waals surface area contributed by atoms with Crippen LogP contribution >= 0.6 is 0 Å². The van der Waals surface area contributed by atoms with E-state index >= 15 is 0 Å². The van der Waals surface area contributed by atoms with Crippen LogP contribution in [-0.2, 0) is 9.59 Å². The lowest BCUT2D eigenvalue weighted by Crippen LogP contribution is -2.40. The predicted molar refractivity (Wildman–Crippen MR) is 87.0 cm³/mol. The average molecular weight is 356 g/mol. The van der Waals surface area contributed by atoms with E-state index in [1.54, 1.807) is 0 Å². The highest BCUT2D eigenvalue weighted by Gasteiger charge is 2.19. The zero-order valence-electron chi connectivity index (χ0n) is 14.0. The van der Waals surface area contributed by atoms with E-state index in [1.807, 2.05) is 6.92 Å². The van der Waals surface area contributed by atoms with Crippen LogP contribution in [0.3, 0.4) is 0 Å². The molecular weight excluding hydrogens is 334 g/mol. The van der Waals surface area contributed by atoms with Crippen LogP contribution in [0.5, 0.6) is 0 Å². The topological polar surface area (TPSA) is 95.5 Å². The molecule has 0 fully saturated rings. The van der Waals surface area contributed by atoms with Crippen LogP contribution in [0.1, 0.15) is 49.4 Å². The molecule has 1 rings (SSSR count). The molecular formula is C17H22F2N2O4. The van der Waals surface area contributed by atoms with Gasteiger partial charge in [0.25, 0.3) is 5.91 Å². The van der Waals surface area contributed by atoms with Gasteiger partial charge in [-0.05, 0) is 25.0 Å². The summed E-state index contributed by atoms with van der Waals surface area (Å²) in [6, 6.07) is 1.71. The second-order valence-corrected chi connectivity index (χ2v) is 5.58. The summed E-state index contributed by atoms with van der Waals surface area (Å²) in [4.78, 5) is 34.5. The minimum absolute atomic E-state index is 0.0298. The number of hydrogen-bond donors (Lipinski definition) is 3. The molecule has 0 aromatic heterocycles. The van der Waals surface area contributed by atoms with E-state index in [1.165, 1.54) is 0 Å². The molecule has 2 amide bonds. The maximum atomic E-state index is 13.4. The van der Waals surface area contributed by atoms with Crippen molar-refractivity contribution in [1.82, 2.24) is 10.6 Å². The van der Waals surface area contributed by atoms with E-state index in [9.17, 15) is 23.2 Å². The summed E-state index contributed by atoms with van der Waals surface area (Å²) in [6.07, 6.45) is 2.17. The van der Waals surface area contributed by atoms with Gasteiger partial charge in [-0.2, -0.15) is 0 Å². The molecule has 0 aliphatic carbocycles. The Bertz CT molecular complexity index is 623. The van der Waals surface area contributed by atoms with Crippen LogP contribution in [0.15, 0.2) is 18.2 Å². The van der Waals surface area contributed by atoms with Gasteiger partial charge in [-0.15, -0.1) is 0 Å². The first kappa shape index (κ1) is 20.5. The second-order valence-electron chi connectivity index (χ2n) is 5.58. The van der Waals surface area contributed by atoms with E-state index in [4.69, 9.17) is 5.11 Å². The predicted octanol–water partition coefficient (Wildman–Crippen LogP) is 2.23. The first-order chi connectivity index (χ1) is 11.8. The van der Waals surface area contributed by atoms with Crippen molar-refractivity contribution in [2.24, 2.45) is 0 Å². The van der Waals surface area contributed by atoms with Gasteiger partial charge in [0.05, 0.1) is 5.56 Å². The van der Waals surface area contributed by atoms with E-state index in [0.717, 1.165) is 18.6 Å². The van der Waals surface area contributed by atoms with Crippen molar-refractivity contribution in [3.05, 3.63) is 35.4 Å². The molecule has 0 heterocycles. The van der Waals surface area contributed by atoms with Crippen LogP contribution in [0.2, 0.25) is 0 Å². The molecule has 0 saturated carbocycles. The Hall–Kier alpha value is -2.51. The smallest absolute Gasteiger partial charge is 0.326 e. The second kappa shape index (κ2) is 10.4. The van der Waals surface area contributed by atoms with Crippen molar-refractivity contribution in [1.29, 1.82) is 0 Å². The number of carbonyl (C=O) groups excluding carboxylic acids is 2. The highest BCUT2D eigenvalue weighted by atomic mass is 19.1. The number of aliphatic carboxylic acids is 1. The van der Waals surface area contributed by atoms with E-state index in [2.05, 4.69) is 10.6 Å². The third-order valence-corrected chi connectivity index (χ3v) is 3.52. The molecule has 8 heteroatoms. The Morgan fingerprint density at radius 3 is 2.52 bits per heavy atom. The monoisotopic (exact) mass is 356 g/mol. The number of carboxylic acid groups (broad SMARTS) is 1. The Morgan fingerprint density at radius 1 is 1.20 bits per heavy atom. The van der Waals surface area contributed by atoms with Gasteiger partial charge in [0.2, 0.25) is 5.91 Å². The summed E-state index contributed by atoms with van der Waals surface area (Å²) >= 11 is 0. The van der Waals surface area contributed by atoms with E-state index in [0.29, 0.717) is 18.9 Å². The van der Waals surface area contributed by atoms with Crippen LogP contribution in [0.25, 0.3) is 0 Å². The lowest BCUT2D eigenvalue weighted by Gasteiger charge is -2.14. The van der Waals surface area contributed by atoms with Gasteiger partial charge in [0.15, 0.2) is 0 Å². The Morgan fingerprint density at radius 2 is 1.92 bits per heavy atom.